The van der Waals surface area contributed by atoms with Crippen LogP contribution >= 0.6 is 0 Å². The van der Waals surface area contributed by atoms with E-state index >= 15 is 0 Å². The maximum Gasteiger partial charge on any atom is 0.303 e. The fourth-order valence-electron chi connectivity index (χ4n) is 4.35. The van der Waals surface area contributed by atoms with Crippen molar-refractivity contribution >= 4 is 23.9 Å². The summed E-state index contributed by atoms with van der Waals surface area (Å²) in [5, 5.41) is 10.7. The molecule has 10 atom stereocenters. The van der Waals surface area contributed by atoms with Crippen molar-refractivity contribution in [1.29, 1.82) is 0 Å². The Hall–Kier alpha value is -2.28. The molecule has 2 fully saturated rings. The molecule has 2 heterocycles. The highest BCUT2D eigenvalue weighted by Gasteiger charge is 2.52. The van der Waals surface area contributed by atoms with Gasteiger partial charge in [0.25, 0.3) is 0 Å². The lowest BCUT2D eigenvalue weighted by Gasteiger charge is -2.47. The summed E-state index contributed by atoms with van der Waals surface area (Å²) in [6, 6.07) is 0. The maximum atomic E-state index is 11.9. The van der Waals surface area contributed by atoms with E-state index in [1.807, 2.05) is 13.8 Å². The van der Waals surface area contributed by atoms with E-state index in [0.29, 0.717) is 6.42 Å². The average Bonchev–Trinajstić information content (AvgIpc) is 2.75. The van der Waals surface area contributed by atoms with Crippen LogP contribution in [0.15, 0.2) is 0 Å². The van der Waals surface area contributed by atoms with E-state index < -0.39 is 79.0 Å². The molecule has 2 aliphatic heterocycles. The van der Waals surface area contributed by atoms with Crippen molar-refractivity contribution in [3.8, 4) is 0 Å². The van der Waals surface area contributed by atoms with Crippen LogP contribution in [0.4, 0.5) is 0 Å². The van der Waals surface area contributed by atoms with Crippen LogP contribution in [0.2, 0.25) is 0 Å². The largest absolute Gasteiger partial charge is 0.463 e. The predicted molar refractivity (Wildman–Crippen MR) is 116 cm³/mol. The lowest BCUT2D eigenvalue weighted by atomic mass is 9.88. The summed E-state index contributed by atoms with van der Waals surface area (Å²) in [5.41, 5.74) is 0. The third kappa shape index (κ3) is 7.60. The molecule has 12 nitrogen and oxygen atoms in total. The number of aliphatic hydroxyl groups is 1. The van der Waals surface area contributed by atoms with Crippen molar-refractivity contribution < 1.29 is 57.4 Å². The maximum absolute atomic E-state index is 11.9. The molecule has 1 N–H and O–H groups in total. The first-order valence-electron chi connectivity index (χ1n) is 11.6. The Morgan fingerprint density at radius 1 is 0.714 bits per heavy atom. The molecular weight excluding hydrogens is 468 g/mol. The Kier molecular flexibility index (Phi) is 10.4. The van der Waals surface area contributed by atoms with Gasteiger partial charge in [0.15, 0.2) is 12.4 Å². The first-order valence-corrected chi connectivity index (χ1v) is 11.6. The summed E-state index contributed by atoms with van der Waals surface area (Å²) >= 11 is 0. The minimum atomic E-state index is -1.30. The number of hydrogen-bond donors (Lipinski definition) is 1. The Morgan fingerprint density at radius 2 is 1.23 bits per heavy atom. The van der Waals surface area contributed by atoms with Gasteiger partial charge in [-0.1, -0.05) is 20.8 Å². The van der Waals surface area contributed by atoms with Gasteiger partial charge in [0.2, 0.25) is 6.29 Å². The van der Waals surface area contributed by atoms with Gasteiger partial charge in [0.1, 0.15) is 31.0 Å². The molecule has 2 rings (SSSR count). The Balaban J connectivity index is 2.35. The van der Waals surface area contributed by atoms with Crippen LogP contribution in [0.25, 0.3) is 0 Å². The van der Waals surface area contributed by atoms with Crippen molar-refractivity contribution in [2.75, 3.05) is 6.61 Å². The summed E-state index contributed by atoms with van der Waals surface area (Å²) in [7, 11) is 0. The molecule has 0 radical (unpaired) electrons. The zero-order valence-electron chi connectivity index (χ0n) is 21.1. The number of carbonyl (C=O) groups is 4. The number of hydrogen-bond acceptors (Lipinski definition) is 12. The van der Waals surface area contributed by atoms with Gasteiger partial charge < -0.3 is 38.3 Å². The molecule has 200 valence electrons. The molecule has 0 aliphatic carbocycles. The van der Waals surface area contributed by atoms with E-state index in [4.69, 9.17) is 33.2 Å². The monoisotopic (exact) mass is 504 g/mol. The van der Waals surface area contributed by atoms with Crippen molar-refractivity contribution in [3.63, 3.8) is 0 Å². The van der Waals surface area contributed by atoms with Crippen molar-refractivity contribution in [1.82, 2.24) is 0 Å². The van der Waals surface area contributed by atoms with E-state index in [1.165, 1.54) is 27.7 Å². The summed E-state index contributed by atoms with van der Waals surface area (Å²) in [6.45, 7) is 9.88. The minimum Gasteiger partial charge on any atom is -0.463 e. The smallest absolute Gasteiger partial charge is 0.303 e. The normalized spacial score (nSPS) is 37.1. The highest BCUT2D eigenvalue weighted by atomic mass is 16.8. The molecule has 12 heteroatoms. The van der Waals surface area contributed by atoms with Gasteiger partial charge in [-0.2, -0.15) is 0 Å². The molecule has 4 unspecified atom stereocenters. The number of rotatable bonds is 8. The van der Waals surface area contributed by atoms with Crippen LogP contribution in [0.5, 0.6) is 0 Å². The molecular formula is C23H36O12. The Morgan fingerprint density at radius 3 is 1.74 bits per heavy atom. The molecule has 0 aromatic carbocycles. The number of esters is 4. The minimum absolute atomic E-state index is 0.315. The summed E-state index contributed by atoms with van der Waals surface area (Å²) in [4.78, 5) is 46.7. The summed E-state index contributed by atoms with van der Waals surface area (Å²) in [5.74, 6) is -3.42. The fourth-order valence-corrected chi connectivity index (χ4v) is 4.35. The summed E-state index contributed by atoms with van der Waals surface area (Å²) < 4.78 is 39.3. The molecule has 0 spiro atoms. The van der Waals surface area contributed by atoms with E-state index in [2.05, 4.69) is 0 Å². The molecule has 0 saturated carbocycles. The van der Waals surface area contributed by atoms with Crippen LogP contribution in [-0.4, -0.2) is 84.8 Å². The summed E-state index contributed by atoms with van der Waals surface area (Å²) in [6.07, 6.45) is -7.59. The van der Waals surface area contributed by atoms with Crippen LogP contribution in [0.1, 0.15) is 54.9 Å². The Labute approximate surface area is 204 Å². The second-order valence-corrected chi connectivity index (χ2v) is 8.86. The van der Waals surface area contributed by atoms with Gasteiger partial charge in [-0.15, -0.1) is 0 Å². The third-order valence-corrected chi connectivity index (χ3v) is 6.01. The Bertz CT molecular complexity index is 770. The second-order valence-electron chi connectivity index (χ2n) is 8.86. The standard InChI is InChI=1S/C23H36O12/c1-8-16-10(2)20(31-14(6)26)21(32-15(7)27)23(33-16)35-22-11(3)19(30-13(5)25)18(28)17(34-22)9-29-12(4)24/h10-11,16-23,28H,8-9H2,1-7H3/t10-,11?,16?,17-,18-,19?,20+,21?,22-,23-/m1/s1. The van der Waals surface area contributed by atoms with Crippen LogP contribution < -0.4 is 0 Å². The molecule has 0 aromatic rings. The van der Waals surface area contributed by atoms with Gasteiger partial charge in [-0.05, 0) is 6.42 Å². The first-order chi connectivity index (χ1) is 16.3. The molecule has 0 bridgehead atoms. The third-order valence-electron chi connectivity index (χ3n) is 6.01. The van der Waals surface area contributed by atoms with Gasteiger partial charge in [0, 0.05) is 39.5 Å². The fraction of sp³-hybridized carbons (Fsp3) is 0.826. The van der Waals surface area contributed by atoms with Gasteiger partial charge in [-0.25, -0.2) is 0 Å². The van der Waals surface area contributed by atoms with Crippen LogP contribution in [0.3, 0.4) is 0 Å². The number of ether oxygens (including phenoxy) is 7. The highest BCUT2D eigenvalue weighted by molar-refractivity contribution is 5.67. The predicted octanol–water partition coefficient (Wildman–Crippen LogP) is 0.854. The van der Waals surface area contributed by atoms with E-state index in [1.54, 1.807) is 6.92 Å². The zero-order valence-corrected chi connectivity index (χ0v) is 21.1. The van der Waals surface area contributed by atoms with Crippen LogP contribution in [-0.2, 0) is 52.3 Å². The highest BCUT2D eigenvalue weighted by Crippen LogP contribution is 2.36. The molecule has 35 heavy (non-hydrogen) atoms. The van der Waals surface area contributed by atoms with Crippen molar-refractivity contribution in [2.24, 2.45) is 11.8 Å². The SMILES string of the molecule is CCC1O[C@H](O[C@H]2O[C@H](COC(C)=O)[C@@H](O)C(OC(C)=O)C2C)C(OC(C)=O)[C@@H](OC(C)=O)[C@@H]1C. The van der Waals surface area contributed by atoms with E-state index in [-0.39, 0.29) is 12.5 Å². The van der Waals surface area contributed by atoms with Gasteiger partial charge in [-0.3, -0.25) is 19.2 Å². The lowest BCUT2D eigenvalue weighted by Crippen LogP contribution is -2.61. The average molecular weight is 505 g/mol. The number of carbonyl (C=O) groups excluding carboxylic acids is 4. The molecule has 0 aromatic heterocycles. The quantitative estimate of drug-likeness (QED) is 0.368. The van der Waals surface area contributed by atoms with Crippen molar-refractivity contribution in [2.45, 2.75) is 104 Å². The number of aliphatic hydroxyl groups excluding tert-OH is 1. The van der Waals surface area contributed by atoms with Crippen LogP contribution in [0, 0.1) is 11.8 Å². The van der Waals surface area contributed by atoms with Gasteiger partial charge in [0.05, 0.1) is 6.10 Å². The topological polar surface area (TPSA) is 153 Å². The molecule has 2 aliphatic rings. The van der Waals surface area contributed by atoms with Crippen molar-refractivity contribution in [3.05, 3.63) is 0 Å². The second kappa shape index (κ2) is 12.6. The first kappa shape index (κ1) is 29.0. The molecule has 0 amide bonds. The van der Waals surface area contributed by atoms with E-state index in [9.17, 15) is 24.3 Å². The molecule has 2 saturated heterocycles. The zero-order chi connectivity index (χ0) is 26.4. The lowest BCUT2D eigenvalue weighted by molar-refractivity contribution is -0.364. The van der Waals surface area contributed by atoms with E-state index in [0.717, 1.165) is 0 Å². The van der Waals surface area contributed by atoms with Gasteiger partial charge >= 0.3 is 23.9 Å².